The van der Waals surface area contributed by atoms with Crippen LogP contribution in [-0.2, 0) is 14.3 Å². The third-order valence-corrected chi connectivity index (χ3v) is 3.33. The zero-order valence-corrected chi connectivity index (χ0v) is 9.07. The number of carboxylic acids is 1. The molecule has 0 aromatic carbocycles. The van der Waals surface area contributed by atoms with Crippen LogP contribution in [0.4, 0.5) is 0 Å². The minimum atomic E-state index is -0.697. The largest absolute Gasteiger partial charge is 0.481 e. The van der Waals surface area contributed by atoms with Crippen LogP contribution >= 0.6 is 0 Å². The first-order valence-corrected chi connectivity index (χ1v) is 5.63. The van der Waals surface area contributed by atoms with E-state index in [-0.39, 0.29) is 18.3 Å². The molecule has 0 radical (unpaired) electrons. The van der Waals surface area contributed by atoms with Gasteiger partial charge in [0.05, 0.1) is 12.7 Å². The second kappa shape index (κ2) is 4.10. The van der Waals surface area contributed by atoms with Gasteiger partial charge in [0, 0.05) is 19.3 Å². The van der Waals surface area contributed by atoms with E-state index in [2.05, 4.69) is 0 Å². The van der Waals surface area contributed by atoms with Crippen LogP contribution in [0.2, 0.25) is 0 Å². The van der Waals surface area contributed by atoms with E-state index in [1.807, 2.05) is 6.92 Å². The molecule has 0 bridgehead atoms. The summed E-state index contributed by atoms with van der Waals surface area (Å²) in [6.07, 6.45) is 3.95. The maximum absolute atomic E-state index is 10.6. The van der Waals surface area contributed by atoms with Crippen LogP contribution in [0.5, 0.6) is 0 Å². The summed E-state index contributed by atoms with van der Waals surface area (Å²) < 4.78 is 11.5. The average Bonchev–Trinajstić information content (AvgIpc) is 2.52. The Bertz CT molecular complexity index is 243. The summed E-state index contributed by atoms with van der Waals surface area (Å²) >= 11 is 0. The van der Waals surface area contributed by atoms with Gasteiger partial charge in [0.1, 0.15) is 0 Å². The highest BCUT2D eigenvalue weighted by molar-refractivity contribution is 5.67. The van der Waals surface area contributed by atoms with Gasteiger partial charge in [-0.25, -0.2) is 0 Å². The molecule has 1 aliphatic carbocycles. The van der Waals surface area contributed by atoms with Crippen LogP contribution in [0.3, 0.4) is 0 Å². The van der Waals surface area contributed by atoms with Gasteiger partial charge in [0.2, 0.25) is 0 Å². The van der Waals surface area contributed by atoms with Crippen LogP contribution in [0, 0.1) is 5.92 Å². The number of hydrogen-bond donors (Lipinski definition) is 1. The monoisotopic (exact) mass is 214 g/mol. The number of carbonyl (C=O) groups is 1. The lowest BCUT2D eigenvalue weighted by atomic mass is 9.83. The summed E-state index contributed by atoms with van der Waals surface area (Å²) in [5.74, 6) is -0.775. The van der Waals surface area contributed by atoms with Crippen molar-refractivity contribution >= 4 is 5.97 Å². The van der Waals surface area contributed by atoms with Gasteiger partial charge in [0.25, 0.3) is 0 Å². The molecule has 4 nitrogen and oxygen atoms in total. The second-order valence-electron chi connectivity index (χ2n) is 4.69. The number of ether oxygens (including phenoxy) is 2. The highest BCUT2D eigenvalue weighted by Crippen LogP contribution is 2.40. The first-order chi connectivity index (χ1) is 7.10. The van der Waals surface area contributed by atoms with Crippen LogP contribution in [0.1, 0.15) is 39.0 Å². The average molecular weight is 214 g/mol. The third-order valence-electron chi connectivity index (χ3n) is 3.33. The van der Waals surface area contributed by atoms with Crippen molar-refractivity contribution < 1.29 is 19.4 Å². The predicted octanol–water partition coefficient (Wildman–Crippen LogP) is 1.78. The molecule has 2 aliphatic rings. The molecule has 1 saturated heterocycles. The zero-order chi connectivity index (χ0) is 10.9. The summed E-state index contributed by atoms with van der Waals surface area (Å²) in [5, 5.41) is 8.70. The Morgan fingerprint density at radius 3 is 2.60 bits per heavy atom. The maximum Gasteiger partial charge on any atom is 0.303 e. The first-order valence-electron chi connectivity index (χ1n) is 5.63. The van der Waals surface area contributed by atoms with Crippen molar-refractivity contribution in [2.45, 2.75) is 50.9 Å². The number of carboxylic acid groups (broad SMARTS) is 1. The molecule has 2 rings (SSSR count). The van der Waals surface area contributed by atoms with E-state index in [9.17, 15) is 4.79 Å². The second-order valence-corrected chi connectivity index (χ2v) is 4.69. The van der Waals surface area contributed by atoms with E-state index in [1.165, 1.54) is 0 Å². The fourth-order valence-electron chi connectivity index (χ4n) is 2.53. The van der Waals surface area contributed by atoms with Crippen molar-refractivity contribution in [3.8, 4) is 0 Å². The molecule has 0 amide bonds. The Hall–Kier alpha value is -0.610. The molecule has 2 fully saturated rings. The molecule has 86 valence electrons. The standard InChI is InChI=1S/C11H18O4/c1-8-7-14-11(15-8)4-2-9(3-5-11)6-10(12)13/h8-9H,2-7H2,1H3,(H,12,13). The minimum absolute atomic E-state index is 0.182. The SMILES string of the molecule is CC1COC2(CCC(CC(=O)O)CC2)O1. The van der Waals surface area contributed by atoms with Crippen molar-refractivity contribution in [2.75, 3.05) is 6.61 Å². The molecule has 4 heteroatoms. The highest BCUT2D eigenvalue weighted by atomic mass is 16.7. The molecular formula is C11H18O4. The van der Waals surface area contributed by atoms with E-state index in [4.69, 9.17) is 14.6 Å². The van der Waals surface area contributed by atoms with Gasteiger partial charge in [-0.3, -0.25) is 4.79 Å². The van der Waals surface area contributed by atoms with Crippen molar-refractivity contribution in [1.82, 2.24) is 0 Å². The minimum Gasteiger partial charge on any atom is -0.481 e. The van der Waals surface area contributed by atoms with E-state index in [0.717, 1.165) is 25.7 Å². The summed E-state index contributed by atoms with van der Waals surface area (Å²) in [5.41, 5.74) is 0. The van der Waals surface area contributed by atoms with E-state index < -0.39 is 5.97 Å². The summed E-state index contributed by atoms with van der Waals surface area (Å²) in [7, 11) is 0. The highest BCUT2D eigenvalue weighted by Gasteiger charge is 2.42. The number of rotatable bonds is 2. The Morgan fingerprint density at radius 2 is 2.13 bits per heavy atom. The van der Waals surface area contributed by atoms with Crippen LogP contribution < -0.4 is 0 Å². The van der Waals surface area contributed by atoms with Gasteiger partial charge in [-0.05, 0) is 25.7 Å². The van der Waals surface area contributed by atoms with E-state index in [1.54, 1.807) is 0 Å². The molecule has 1 heterocycles. The van der Waals surface area contributed by atoms with Crippen LogP contribution in [0.25, 0.3) is 0 Å². The van der Waals surface area contributed by atoms with Gasteiger partial charge in [-0.1, -0.05) is 0 Å². The maximum atomic E-state index is 10.6. The fourth-order valence-corrected chi connectivity index (χ4v) is 2.53. The van der Waals surface area contributed by atoms with Crippen molar-refractivity contribution in [2.24, 2.45) is 5.92 Å². The molecular weight excluding hydrogens is 196 g/mol. The van der Waals surface area contributed by atoms with Crippen LogP contribution in [0.15, 0.2) is 0 Å². The third kappa shape index (κ3) is 2.49. The van der Waals surface area contributed by atoms with Crippen molar-refractivity contribution in [1.29, 1.82) is 0 Å². The normalized spacial score (nSPS) is 40.9. The van der Waals surface area contributed by atoms with Gasteiger partial charge in [0.15, 0.2) is 5.79 Å². The molecule has 1 spiro atoms. The van der Waals surface area contributed by atoms with Crippen LogP contribution in [-0.4, -0.2) is 29.6 Å². The van der Waals surface area contributed by atoms with Gasteiger partial charge in [-0.15, -0.1) is 0 Å². The lowest BCUT2D eigenvalue weighted by molar-refractivity contribution is -0.191. The smallest absolute Gasteiger partial charge is 0.303 e. The molecule has 1 unspecified atom stereocenters. The number of aliphatic carboxylic acids is 1. The topological polar surface area (TPSA) is 55.8 Å². The predicted molar refractivity (Wildman–Crippen MR) is 53.4 cm³/mol. The molecule has 15 heavy (non-hydrogen) atoms. The molecule has 1 N–H and O–H groups in total. The van der Waals surface area contributed by atoms with Gasteiger partial charge >= 0.3 is 5.97 Å². The lowest BCUT2D eigenvalue weighted by Crippen LogP contribution is -2.36. The Balaban J connectivity index is 1.84. The van der Waals surface area contributed by atoms with Gasteiger partial charge < -0.3 is 14.6 Å². The molecule has 1 saturated carbocycles. The summed E-state index contributed by atoms with van der Waals surface area (Å²) in [6.45, 7) is 2.68. The molecule has 0 aromatic rings. The Labute approximate surface area is 89.6 Å². The molecule has 1 aliphatic heterocycles. The zero-order valence-electron chi connectivity index (χ0n) is 9.07. The van der Waals surface area contributed by atoms with Crippen molar-refractivity contribution in [3.63, 3.8) is 0 Å². The summed E-state index contributed by atoms with van der Waals surface area (Å²) in [4.78, 5) is 10.6. The molecule has 1 atom stereocenters. The lowest BCUT2D eigenvalue weighted by Gasteiger charge is -2.35. The summed E-state index contributed by atoms with van der Waals surface area (Å²) in [6, 6.07) is 0. The fraction of sp³-hybridized carbons (Fsp3) is 0.909. The Morgan fingerprint density at radius 1 is 1.47 bits per heavy atom. The van der Waals surface area contributed by atoms with E-state index >= 15 is 0 Å². The molecule has 0 aromatic heterocycles. The first kappa shape index (κ1) is 10.9. The quantitative estimate of drug-likeness (QED) is 0.761. The number of hydrogen-bond acceptors (Lipinski definition) is 3. The van der Waals surface area contributed by atoms with Crippen molar-refractivity contribution in [3.05, 3.63) is 0 Å². The Kier molecular flexibility index (Phi) is 2.98. The van der Waals surface area contributed by atoms with E-state index in [0.29, 0.717) is 12.5 Å². The van der Waals surface area contributed by atoms with Gasteiger partial charge in [-0.2, -0.15) is 0 Å².